The van der Waals surface area contributed by atoms with E-state index in [-0.39, 0.29) is 16.7 Å². The maximum atomic E-state index is 12.5. The first-order valence-electron chi connectivity index (χ1n) is 10.3. The molecule has 2 rings (SSSR count). The summed E-state index contributed by atoms with van der Waals surface area (Å²) in [7, 11) is 0. The molecule has 2 amide bonds. The maximum absolute atomic E-state index is 12.5. The molecule has 32 heavy (non-hydrogen) atoms. The first kappa shape index (κ1) is 25.0. The Labute approximate surface area is 192 Å². The predicted molar refractivity (Wildman–Crippen MR) is 127 cm³/mol. The van der Waals surface area contributed by atoms with Crippen LogP contribution in [-0.2, 0) is 14.4 Å². The van der Waals surface area contributed by atoms with Crippen LogP contribution in [0.4, 0.5) is 11.4 Å². The fourth-order valence-electron chi connectivity index (χ4n) is 2.52. The summed E-state index contributed by atoms with van der Waals surface area (Å²) < 4.78 is 5.62. The highest BCUT2D eigenvalue weighted by molar-refractivity contribution is 8.00. The highest BCUT2D eigenvalue weighted by atomic mass is 32.2. The number of rotatable bonds is 11. The second-order valence-corrected chi connectivity index (χ2v) is 8.54. The van der Waals surface area contributed by atoms with E-state index in [4.69, 9.17) is 9.84 Å². The minimum atomic E-state index is -1.14. The lowest BCUT2D eigenvalue weighted by atomic mass is 10.2. The summed E-state index contributed by atoms with van der Waals surface area (Å²) in [6.45, 7) is 5.95. The Hall–Kier alpha value is -3.26. The Bertz CT molecular complexity index is 955. The summed E-state index contributed by atoms with van der Waals surface area (Å²) in [5, 5.41) is 14.0. The third-order valence-electron chi connectivity index (χ3n) is 4.38. The number of nitrogens with one attached hydrogen (secondary N) is 2. The molecule has 0 spiro atoms. The average molecular weight is 457 g/mol. The number of hydrogen-bond donors (Lipinski definition) is 3. The van der Waals surface area contributed by atoms with Gasteiger partial charge in [0.25, 0.3) is 0 Å². The van der Waals surface area contributed by atoms with Gasteiger partial charge >= 0.3 is 5.97 Å². The van der Waals surface area contributed by atoms with E-state index in [0.717, 1.165) is 29.6 Å². The molecule has 0 aliphatic rings. The molecule has 0 aliphatic heterocycles. The fourth-order valence-corrected chi connectivity index (χ4v) is 3.39. The van der Waals surface area contributed by atoms with Gasteiger partial charge in [0.1, 0.15) is 5.75 Å². The Morgan fingerprint density at radius 1 is 1.03 bits per heavy atom. The molecule has 0 saturated heterocycles. The third kappa shape index (κ3) is 8.47. The number of aliphatic carboxylic acids is 1. The van der Waals surface area contributed by atoms with Gasteiger partial charge < -0.3 is 20.5 Å². The van der Waals surface area contributed by atoms with Crippen molar-refractivity contribution in [2.45, 2.75) is 43.8 Å². The summed E-state index contributed by atoms with van der Waals surface area (Å²) in [4.78, 5) is 36.0. The topological polar surface area (TPSA) is 105 Å². The second kappa shape index (κ2) is 12.6. The molecular weight excluding hydrogens is 428 g/mol. The van der Waals surface area contributed by atoms with Crippen LogP contribution in [0.3, 0.4) is 0 Å². The van der Waals surface area contributed by atoms with E-state index < -0.39 is 11.9 Å². The number of carboxylic acids is 1. The van der Waals surface area contributed by atoms with Crippen LogP contribution >= 0.6 is 11.8 Å². The zero-order chi connectivity index (χ0) is 23.5. The smallest absolute Gasteiger partial charge is 0.331 e. The first-order chi connectivity index (χ1) is 15.3. The zero-order valence-corrected chi connectivity index (χ0v) is 19.2. The number of carbonyl (C=O) groups is 3. The van der Waals surface area contributed by atoms with Crippen LogP contribution in [0.2, 0.25) is 0 Å². The molecule has 0 heterocycles. The first-order valence-corrected chi connectivity index (χ1v) is 11.2. The van der Waals surface area contributed by atoms with Gasteiger partial charge in [-0.2, -0.15) is 0 Å². The SMILES string of the molecule is CCCCOc1ccc(NC(=O)C(C)Sc2ccc(NC(=O)C=C(C)C(=O)O)cc2)cc1. The summed E-state index contributed by atoms with van der Waals surface area (Å²) >= 11 is 1.39. The van der Waals surface area contributed by atoms with Gasteiger partial charge in [0.15, 0.2) is 0 Å². The van der Waals surface area contributed by atoms with Crippen molar-refractivity contribution in [3.05, 3.63) is 60.2 Å². The lowest BCUT2D eigenvalue weighted by Crippen LogP contribution is -2.22. The second-order valence-electron chi connectivity index (χ2n) is 7.12. The normalized spacial score (nSPS) is 12.0. The number of anilines is 2. The van der Waals surface area contributed by atoms with Crippen LogP contribution in [0.1, 0.15) is 33.6 Å². The van der Waals surface area contributed by atoms with Crippen molar-refractivity contribution < 1.29 is 24.2 Å². The van der Waals surface area contributed by atoms with Crippen molar-refractivity contribution in [1.82, 2.24) is 0 Å². The van der Waals surface area contributed by atoms with Gasteiger partial charge in [-0.3, -0.25) is 9.59 Å². The molecule has 0 aliphatic carbocycles. The molecule has 3 N–H and O–H groups in total. The summed E-state index contributed by atoms with van der Waals surface area (Å²) in [5.41, 5.74) is 1.19. The van der Waals surface area contributed by atoms with Gasteiger partial charge in [-0.25, -0.2) is 4.79 Å². The van der Waals surface area contributed by atoms with Crippen molar-refractivity contribution in [3.8, 4) is 5.75 Å². The van der Waals surface area contributed by atoms with E-state index in [9.17, 15) is 14.4 Å². The van der Waals surface area contributed by atoms with Crippen molar-refractivity contribution in [3.63, 3.8) is 0 Å². The number of amides is 2. The molecular formula is C24H28N2O5S. The molecule has 1 atom stereocenters. The maximum Gasteiger partial charge on any atom is 0.331 e. The van der Waals surface area contributed by atoms with E-state index >= 15 is 0 Å². The van der Waals surface area contributed by atoms with Crippen LogP contribution in [0, 0.1) is 0 Å². The summed E-state index contributed by atoms with van der Waals surface area (Å²) in [5.74, 6) is -1.00. The van der Waals surface area contributed by atoms with Gasteiger partial charge in [-0.05, 0) is 68.8 Å². The molecule has 7 nitrogen and oxygen atoms in total. The van der Waals surface area contributed by atoms with Gasteiger partial charge in [0, 0.05) is 27.9 Å². The quantitative estimate of drug-likeness (QED) is 0.251. The Morgan fingerprint density at radius 3 is 2.22 bits per heavy atom. The molecule has 0 saturated carbocycles. The highest BCUT2D eigenvalue weighted by Gasteiger charge is 2.15. The van der Waals surface area contributed by atoms with Crippen LogP contribution in [0.5, 0.6) is 5.75 Å². The Morgan fingerprint density at radius 2 is 1.62 bits per heavy atom. The van der Waals surface area contributed by atoms with E-state index in [2.05, 4.69) is 17.6 Å². The zero-order valence-electron chi connectivity index (χ0n) is 18.4. The van der Waals surface area contributed by atoms with Gasteiger partial charge in [-0.15, -0.1) is 11.8 Å². The molecule has 0 aromatic heterocycles. The van der Waals surface area contributed by atoms with E-state index in [0.29, 0.717) is 18.0 Å². The van der Waals surface area contributed by atoms with Gasteiger partial charge in [0.2, 0.25) is 11.8 Å². The number of thioether (sulfide) groups is 1. The van der Waals surface area contributed by atoms with Crippen LogP contribution in [0.15, 0.2) is 65.1 Å². The number of carboxylic acid groups (broad SMARTS) is 1. The number of ether oxygens (including phenoxy) is 1. The minimum Gasteiger partial charge on any atom is -0.494 e. The van der Waals surface area contributed by atoms with E-state index in [1.54, 1.807) is 24.3 Å². The number of benzene rings is 2. The average Bonchev–Trinajstić information content (AvgIpc) is 2.76. The van der Waals surface area contributed by atoms with Gasteiger partial charge in [-0.1, -0.05) is 13.3 Å². The largest absolute Gasteiger partial charge is 0.494 e. The van der Waals surface area contributed by atoms with E-state index in [1.165, 1.54) is 18.7 Å². The van der Waals surface area contributed by atoms with Gasteiger partial charge in [0.05, 0.1) is 11.9 Å². The molecule has 0 bridgehead atoms. The van der Waals surface area contributed by atoms with Crippen molar-refractivity contribution >= 4 is 40.9 Å². The van der Waals surface area contributed by atoms with Crippen LogP contribution in [-0.4, -0.2) is 34.7 Å². The standard InChI is InChI=1S/C24H28N2O5S/c1-4-5-14-31-20-10-6-19(7-11-20)26-23(28)17(3)32-21-12-8-18(9-13-21)25-22(27)15-16(2)24(29)30/h6-13,15,17H,4-5,14H2,1-3H3,(H,25,27)(H,26,28)(H,29,30). The van der Waals surface area contributed by atoms with Crippen LogP contribution < -0.4 is 15.4 Å². The molecule has 8 heteroatoms. The molecule has 0 fully saturated rings. The van der Waals surface area contributed by atoms with Crippen molar-refractivity contribution in [2.75, 3.05) is 17.2 Å². The van der Waals surface area contributed by atoms with Crippen molar-refractivity contribution in [1.29, 1.82) is 0 Å². The number of hydrogen-bond acceptors (Lipinski definition) is 5. The predicted octanol–water partition coefficient (Wildman–Crippen LogP) is 4.95. The Kier molecular flexibility index (Phi) is 9.81. The molecule has 0 radical (unpaired) electrons. The summed E-state index contributed by atoms with van der Waals surface area (Å²) in [6, 6.07) is 14.3. The van der Waals surface area contributed by atoms with Crippen molar-refractivity contribution in [2.24, 2.45) is 0 Å². The fraction of sp³-hybridized carbons (Fsp3) is 0.292. The molecule has 1 unspecified atom stereocenters. The lowest BCUT2D eigenvalue weighted by Gasteiger charge is -2.13. The molecule has 170 valence electrons. The minimum absolute atomic E-state index is 0.0480. The monoisotopic (exact) mass is 456 g/mol. The number of unbranched alkanes of at least 4 members (excludes halogenated alkanes) is 1. The molecule has 2 aromatic rings. The van der Waals surface area contributed by atoms with E-state index in [1.807, 2.05) is 31.2 Å². The third-order valence-corrected chi connectivity index (χ3v) is 5.49. The molecule has 2 aromatic carbocycles. The lowest BCUT2D eigenvalue weighted by molar-refractivity contribution is -0.132. The van der Waals surface area contributed by atoms with Crippen LogP contribution in [0.25, 0.3) is 0 Å². The summed E-state index contributed by atoms with van der Waals surface area (Å²) in [6.07, 6.45) is 3.11. The highest BCUT2D eigenvalue weighted by Crippen LogP contribution is 2.26. The Balaban J connectivity index is 1.85. The number of carbonyl (C=O) groups excluding carboxylic acids is 2.